The third kappa shape index (κ3) is 4.10. The largest absolute Gasteiger partial charge is 0.354 e. The van der Waals surface area contributed by atoms with Crippen molar-refractivity contribution in [2.75, 3.05) is 25.0 Å². The molecule has 0 spiro atoms. The normalized spacial score (nSPS) is 19.3. The molecule has 0 radical (unpaired) electrons. The molecule has 2 unspecified atom stereocenters. The summed E-state index contributed by atoms with van der Waals surface area (Å²) in [5.41, 5.74) is 2.12. The van der Waals surface area contributed by atoms with Gasteiger partial charge in [-0.05, 0) is 44.0 Å². The van der Waals surface area contributed by atoms with Gasteiger partial charge in [0.25, 0.3) is 0 Å². The molecule has 1 aliphatic rings. The molecule has 0 saturated carbocycles. The minimum atomic E-state index is -0.566. The van der Waals surface area contributed by atoms with E-state index in [4.69, 9.17) is 0 Å². The molecule has 1 heterocycles. The van der Waals surface area contributed by atoms with E-state index in [1.807, 2.05) is 26.1 Å². The van der Waals surface area contributed by atoms with Gasteiger partial charge in [0.1, 0.15) is 5.92 Å². The predicted molar refractivity (Wildman–Crippen MR) is 92.5 cm³/mol. The van der Waals surface area contributed by atoms with Gasteiger partial charge in [0, 0.05) is 24.8 Å². The number of hydrogen-bond acceptors (Lipinski definition) is 3. The molecule has 2 amide bonds. The molecule has 2 rings (SSSR count). The fourth-order valence-corrected chi connectivity index (χ4v) is 2.70. The summed E-state index contributed by atoms with van der Waals surface area (Å²) in [5, 5.41) is 5.91. The summed E-state index contributed by atoms with van der Waals surface area (Å²) < 4.78 is 0. The van der Waals surface area contributed by atoms with E-state index in [-0.39, 0.29) is 17.9 Å². The minimum absolute atomic E-state index is 0.100. The van der Waals surface area contributed by atoms with E-state index in [1.165, 1.54) is 5.56 Å². The second-order valence-electron chi connectivity index (χ2n) is 6.51. The van der Waals surface area contributed by atoms with Crippen LogP contribution in [0.25, 0.3) is 0 Å². The number of rotatable bonds is 6. The average Bonchev–Trinajstić information content (AvgIpc) is 2.94. The summed E-state index contributed by atoms with van der Waals surface area (Å²) in [6, 6.07) is 8.23. The number of carbonyl (C=O) groups is 2. The number of carbonyl (C=O) groups excluding carboxylic acids is 2. The lowest BCUT2D eigenvalue weighted by atomic mass is 10.0. The van der Waals surface area contributed by atoms with Crippen molar-refractivity contribution in [3.05, 3.63) is 29.8 Å². The van der Waals surface area contributed by atoms with Crippen LogP contribution in [0.2, 0.25) is 0 Å². The van der Waals surface area contributed by atoms with Gasteiger partial charge in [-0.1, -0.05) is 26.0 Å². The molecule has 1 aliphatic heterocycles. The maximum atomic E-state index is 12.5. The smallest absolute Gasteiger partial charge is 0.239 e. The van der Waals surface area contributed by atoms with Crippen LogP contribution in [0.5, 0.6) is 0 Å². The molecule has 2 N–H and O–H groups in total. The van der Waals surface area contributed by atoms with Crippen LogP contribution in [0.15, 0.2) is 24.3 Å². The van der Waals surface area contributed by atoms with Crippen molar-refractivity contribution in [3.63, 3.8) is 0 Å². The Balaban J connectivity index is 1.99. The van der Waals surface area contributed by atoms with Crippen LogP contribution in [-0.2, 0) is 9.59 Å². The van der Waals surface area contributed by atoms with Gasteiger partial charge >= 0.3 is 0 Å². The SMILES string of the molecule is CNC(C)CNC(=O)C1CCN(c2ccc(C(C)C)cc2)C1=O. The third-order valence-corrected chi connectivity index (χ3v) is 4.47. The van der Waals surface area contributed by atoms with Crippen LogP contribution in [-0.4, -0.2) is 38.0 Å². The number of nitrogens with one attached hydrogen (secondary N) is 2. The third-order valence-electron chi connectivity index (χ3n) is 4.47. The number of amides is 2. The van der Waals surface area contributed by atoms with Crippen LogP contribution in [0.3, 0.4) is 0 Å². The molecule has 0 bridgehead atoms. The lowest BCUT2D eigenvalue weighted by Crippen LogP contribution is -2.42. The summed E-state index contributed by atoms with van der Waals surface area (Å²) in [5.74, 6) is -0.370. The van der Waals surface area contributed by atoms with Gasteiger partial charge in [0.2, 0.25) is 11.8 Å². The maximum Gasteiger partial charge on any atom is 0.239 e. The van der Waals surface area contributed by atoms with E-state index in [0.717, 1.165) is 5.69 Å². The lowest BCUT2D eigenvalue weighted by molar-refractivity contribution is -0.132. The first kappa shape index (κ1) is 17.5. The van der Waals surface area contributed by atoms with Crippen molar-refractivity contribution < 1.29 is 9.59 Å². The summed E-state index contributed by atoms with van der Waals surface area (Å²) in [6.07, 6.45) is 0.574. The number of anilines is 1. The molecule has 1 aromatic carbocycles. The van der Waals surface area contributed by atoms with E-state index in [2.05, 4.69) is 36.6 Å². The van der Waals surface area contributed by atoms with Crippen LogP contribution >= 0.6 is 0 Å². The first-order valence-corrected chi connectivity index (χ1v) is 8.30. The van der Waals surface area contributed by atoms with Gasteiger partial charge in [-0.25, -0.2) is 0 Å². The Bertz CT molecular complexity index is 554. The number of likely N-dealkylation sites (N-methyl/N-ethyl adjacent to an activating group) is 1. The quantitative estimate of drug-likeness (QED) is 0.788. The van der Waals surface area contributed by atoms with Crippen LogP contribution in [0, 0.1) is 5.92 Å². The van der Waals surface area contributed by atoms with E-state index in [1.54, 1.807) is 4.90 Å². The van der Waals surface area contributed by atoms with Crippen molar-refractivity contribution >= 4 is 17.5 Å². The zero-order valence-electron chi connectivity index (χ0n) is 14.4. The highest BCUT2D eigenvalue weighted by Crippen LogP contribution is 2.27. The summed E-state index contributed by atoms with van der Waals surface area (Å²) in [6.45, 7) is 7.39. The Labute approximate surface area is 138 Å². The van der Waals surface area contributed by atoms with Crippen LogP contribution < -0.4 is 15.5 Å². The predicted octanol–water partition coefficient (Wildman–Crippen LogP) is 1.89. The van der Waals surface area contributed by atoms with Gasteiger partial charge in [-0.3, -0.25) is 9.59 Å². The summed E-state index contributed by atoms with van der Waals surface area (Å²) >= 11 is 0. The Kier molecular flexibility index (Phi) is 5.77. The molecule has 126 valence electrons. The highest BCUT2D eigenvalue weighted by atomic mass is 16.2. The molecular weight excluding hydrogens is 290 g/mol. The molecule has 5 nitrogen and oxygen atoms in total. The van der Waals surface area contributed by atoms with Crippen molar-refractivity contribution in [1.29, 1.82) is 0 Å². The average molecular weight is 317 g/mol. The van der Waals surface area contributed by atoms with Gasteiger partial charge < -0.3 is 15.5 Å². The van der Waals surface area contributed by atoms with Crippen molar-refractivity contribution in [2.24, 2.45) is 5.92 Å². The first-order valence-electron chi connectivity index (χ1n) is 8.30. The van der Waals surface area contributed by atoms with Crippen molar-refractivity contribution in [1.82, 2.24) is 10.6 Å². The zero-order valence-corrected chi connectivity index (χ0v) is 14.4. The van der Waals surface area contributed by atoms with E-state index in [9.17, 15) is 9.59 Å². The monoisotopic (exact) mass is 317 g/mol. The molecule has 5 heteroatoms. The topological polar surface area (TPSA) is 61.4 Å². The van der Waals surface area contributed by atoms with E-state index >= 15 is 0 Å². The second-order valence-corrected chi connectivity index (χ2v) is 6.51. The van der Waals surface area contributed by atoms with Crippen LogP contribution in [0.4, 0.5) is 5.69 Å². The highest BCUT2D eigenvalue weighted by molar-refractivity contribution is 6.09. The van der Waals surface area contributed by atoms with E-state index in [0.29, 0.717) is 25.4 Å². The Morgan fingerprint density at radius 3 is 2.48 bits per heavy atom. The Morgan fingerprint density at radius 1 is 1.26 bits per heavy atom. The molecule has 0 aliphatic carbocycles. The Morgan fingerprint density at radius 2 is 1.91 bits per heavy atom. The number of benzene rings is 1. The molecule has 1 saturated heterocycles. The second kappa shape index (κ2) is 7.59. The van der Waals surface area contributed by atoms with Gasteiger partial charge in [-0.15, -0.1) is 0 Å². The molecule has 23 heavy (non-hydrogen) atoms. The van der Waals surface area contributed by atoms with Gasteiger partial charge in [0.15, 0.2) is 0 Å². The van der Waals surface area contributed by atoms with E-state index < -0.39 is 5.92 Å². The van der Waals surface area contributed by atoms with Gasteiger partial charge in [0.05, 0.1) is 0 Å². The summed E-state index contributed by atoms with van der Waals surface area (Å²) in [4.78, 5) is 26.5. The minimum Gasteiger partial charge on any atom is -0.354 e. The van der Waals surface area contributed by atoms with Crippen LogP contribution in [0.1, 0.15) is 38.7 Å². The molecular formula is C18H27N3O2. The number of nitrogens with zero attached hydrogens (tertiary/aromatic N) is 1. The Hall–Kier alpha value is -1.88. The van der Waals surface area contributed by atoms with Crippen molar-refractivity contribution in [2.45, 2.75) is 39.2 Å². The fourth-order valence-electron chi connectivity index (χ4n) is 2.70. The standard InChI is InChI=1S/C18H27N3O2/c1-12(2)14-5-7-15(8-6-14)21-10-9-16(18(21)23)17(22)20-11-13(3)19-4/h5-8,12-13,16,19H,9-11H2,1-4H3,(H,20,22). The zero-order chi connectivity index (χ0) is 17.0. The van der Waals surface area contributed by atoms with Crippen molar-refractivity contribution in [3.8, 4) is 0 Å². The molecule has 1 aromatic rings. The first-order chi connectivity index (χ1) is 10.9. The lowest BCUT2D eigenvalue weighted by Gasteiger charge is -2.18. The van der Waals surface area contributed by atoms with Gasteiger partial charge in [-0.2, -0.15) is 0 Å². The molecule has 1 fully saturated rings. The maximum absolute atomic E-state index is 12.5. The fraction of sp³-hybridized carbons (Fsp3) is 0.556. The molecule has 0 aromatic heterocycles. The molecule has 2 atom stereocenters. The highest BCUT2D eigenvalue weighted by Gasteiger charge is 2.37. The summed E-state index contributed by atoms with van der Waals surface area (Å²) in [7, 11) is 1.85. The number of hydrogen-bond donors (Lipinski definition) is 2.